The predicted molar refractivity (Wildman–Crippen MR) is 69.4 cm³/mol. The van der Waals surface area contributed by atoms with Crippen molar-refractivity contribution in [1.29, 1.82) is 0 Å². The van der Waals surface area contributed by atoms with Crippen LogP contribution in [0.4, 0.5) is 0 Å². The Kier molecular flexibility index (Phi) is 6.26. The van der Waals surface area contributed by atoms with E-state index in [0.717, 1.165) is 6.54 Å². The van der Waals surface area contributed by atoms with Crippen LogP contribution in [0.3, 0.4) is 0 Å². The van der Waals surface area contributed by atoms with Crippen molar-refractivity contribution >= 4 is 0 Å². The lowest BCUT2D eigenvalue weighted by Crippen LogP contribution is -2.10. The summed E-state index contributed by atoms with van der Waals surface area (Å²) in [7, 11) is 4.11. The maximum Gasteiger partial charge on any atom is -0.00533 e. The second-order valence-electron chi connectivity index (χ2n) is 5.01. The van der Waals surface area contributed by atoms with E-state index in [9.17, 15) is 0 Å². The zero-order valence-electron chi connectivity index (χ0n) is 11.0. The maximum absolute atomic E-state index is 2.22. The van der Waals surface area contributed by atoms with E-state index >= 15 is 0 Å². The van der Waals surface area contributed by atoms with Crippen molar-refractivity contribution in [3.05, 3.63) is 35.9 Å². The van der Waals surface area contributed by atoms with Gasteiger partial charge < -0.3 is 4.90 Å². The molecule has 0 aliphatic rings. The highest BCUT2D eigenvalue weighted by molar-refractivity contribution is 5.21. The van der Waals surface area contributed by atoms with E-state index in [-0.39, 0.29) is 0 Å². The fraction of sp³-hybridized carbons (Fsp3) is 0.571. The van der Waals surface area contributed by atoms with Crippen LogP contribution in [0.2, 0.25) is 0 Å². The molecule has 0 aliphatic carbocycles. The molecule has 0 aromatic heterocycles. The second kappa shape index (κ2) is 6.62. The molecule has 0 heterocycles. The van der Waals surface area contributed by atoms with E-state index < -0.39 is 0 Å². The highest BCUT2D eigenvalue weighted by atomic mass is 15.0. The van der Waals surface area contributed by atoms with Gasteiger partial charge in [0.2, 0.25) is 0 Å². The van der Waals surface area contributed by atoms with Crippen molar-refractivity contribution in [3.63, 3.8) is 0 Å². The molecular formula is C14H25N. The average Bonchev–Trinajstić information content (AvgIpc) is 2.19. The highest BCUT2D eigenvalue weighted by Gasteiger charge is 2.11. The lowest BCUT2D eigenvalue weighted by atomic mass is 9.87. The average molecular weight is 207 g/mol. The van der Waals surface area contributed by atoms with Gasteiger partial charge in [0.05, 0.1) is 0 Å². The summed E-state index contributed by atoms with van der Waals surface area (Å²) in [5.41, 5.74) is 1.69. The van der Waals surface area contributed by atoms with Gasteiger partial charge in [-0.2, -0.15) is 0 Å². The molecule has 0 saturated carbocycles. The molecule has 0 spiro atoms. The van der Waals surface area contributed by atoms with Gasteiger partial charge in [-0.15, -0.1) is 0 Å². The molecule has 0 bridgehead atoms. The van der Waals surface area contributed by atoms with Crippen molar-refractivity contribution in [3.8, 4) is 0 Å². The molecule has 0 radical (unpaired) electrons. The van der Waals surface area contributed by atoms with Crippen molar-refractivity contribution in [2.75, 3.05) is 20.6 Å². The van der Waals surface area contributed by atoms with E-state index in [2.05, 4.69) is 77.0 Å². The van der Waals surface area contributed by atoms with Crippen LogP contribution in [0.15, 0.2) is 30.3 Å². The molecular weight excluding hydrogens is 182 g/mol. The van der Waals surface area contributed by atoms with Gasteiger partial charge in [0.15, 0.2) is 0 Å². The third-order valence-electron chi connectivity index (χ3n) is 2.27. The van der Waals surface area contributed by atoms with Gasteiger partial charge in [0.1, 0.15) is 0 Å². The Morgan fingerprint density at radius 3 is 1.60 bits per heavy atom. The molecule has 15 heavy (non-hydrogen) atoms. The Labute approximate surface area is 95.1 Å². The Morgan fingerprint density at radius 2 is 1.40 bits per heavy atom. The molecule has 1 heteroatoms. The summed E-state index contributed by atoms with van der Waals surface area (Å²) in [5.74, 6) is 0. The SMILES string of the molecule is CC(C)(C)c1ccccc1.CCN(C)C. The van der Waals surface area contributed by atoms with E-state index in [1.807, 2.05) is 0 Å². The third-order valence-corrected chi connectivity index (χ3v) is 2.27. The third kappa shape index (κ3) is 7.15. The minimum atomic E-state index is 0.293. The fourth-order valence-electron chi connectivity index (χ4n) is 0.938. The van der Waals surface area contributed by atoms with Crippen LogP contribution in [0, 0.1) is 0 Å². The number of rotatable bonds is 1. The Balaban J connectivity index is 0.000000336. The van der Waals surface area contributed by atoms with E-state index in [1.54, 1.807) is 0 Å². The first-order valence-corrected chi connectivity index (χ1v) is 5.58. The topological polar surface area (TPSA) is 3.24 Å². The minimum Gasteiger partial charge on any atom is -0.310 e. The van der Waals surface area contributed by atoms with Gasteiger partial charge in [-0.3, -0.25) is 0 Å². The Hall–Kier alpha value is -0.820. The quantitative estimate of drug-likeness (QED) is 0.680. The van der Waals surface area contributed by atoms with Crippen molar-refractivity contribution in [2.45, 2.75) is 33.1 Å². The van der Waals surface area contributed by atoms with Gasteiger partial charge in [-0.05, 0) is 31.6 Å². The number of benzene rings is 1. The number of nitrogens with zero attached hydrogens (tertiary/aromatic N) is 1. The summed E-state index contributed by atoms with van der Waals surface area (Å²) in [6.45, 7) is 9.94. The molecule has 0 N–H and O–H groups in total. The minimum absolute atomic E-state index is 0.293. The molecule has 1 nitrogen and oxygen atoms in total. The fourth-order valence-corrected chi connectivity index (χ4v) is 0.938. The molecule has 0 fully saturated rings. The first kappa shape index (κ1) is 14.2. The summed E-state index contributed by atoms with van der Waals surface area (Å²) in [6.07, 6.45) is 0. The normalized spacial score (nSPS) is 10.9. The van der Waals surface area contributed by atoms with Crippen LogP contribution >= 0.6 is 0 Å². The van der Waals surface area contributed by atoms with Gasteiger partial charge in [-0.1, -0.05) is 58.0 Å². The van der Waals surface area contributed by atoms with Crippen LogP contribution in [0.5, 0.6) is 0 Å². The van der Waals surface area contributed by atoms with Crippen LogP contribution in [0.25, 0.3) is 0 Å². The monoisotopic (exact) mass is 207 g/mol. The highest BCUT2D eigenvalue weighted by Crippen LogP contribution is 2.20. The van der Waals surface area contributed by atoms with Crippen molar-refractivity contribution in [1.82, 2.24) is 4.90 Å². The predicted octanol–water partition coefficient (Wildman–Crippen LogP) is 3.55. The van der Waals surface area contributed by atoms with E-state index in [4.69, 9.17) is 0 Å². The Bertz CT molecular complexity index is 244. The molecule has 0 unspecified atom stereocenters. The molecule has 1 rings (SSSR count). The largest absolute Gasteiger partial charge is 0.310 e. The van der Waals surface area contributed by atoms with Gasteiger partial charge in [-0.25, -0.2) is 0 Å². The van der Waals surface area contributed by atoms with E-state index in [0.29, 0.717) is 5.41 Å². The molecule has 1 aromatic rings. The summed E-state index contributed by atoms with van der Waals surface area (Å²) < 4.78 is 0. The zero-order chi connectivity index (χ0) is 11.9. The van der Waals surface area contributed by atoms with Crippen LogP contribution in [-0.2, 0) is 5.41 Å². The maximum atomic E-state index is 2.22. The van der Waals surface area contributed by atoms with Crippen LogP contribution in [-0.4, -0.2) is 25.5 Å². The lowest BCUT2D eigenvalue weighted by molar-refractivity contribution is 0.434. The zero-order valence-corrected chi connectivity index (χ0v) is 11.0. The summed E-state index contributed by atoms with van der Waals surface area (Å²) in [6, 6.07) is 10.6. The van der Waals surface area contributed by atoms with Gasteiger partial charge in [0.25, 0.3) is 0 Å². The van der Waals surface area contributed by atoms with Gasteiger partial charge >= 0.3 is 0 Å². The lowest BCUT2D eigenvalue weighted by Gasteiger charge is -2.18. The summed E-state index contributed by atoms with van der Waals surface area (Å²) in [4.78, 5) is 2.12. The number of hydrogen-bond acceptors (Lipinski definition) is 1. The van der Waals surface area contributed by atoms with E-state index in [1.165, 1.54) is 5.56 Å². The number of hydrogen-bond donors (Lipinski definition) is 0. The summed E-state index contributed by atoms with van der Waals surface area (Å²) >= 11 is 0. The van der Waals surface area contributed by atoms with Crippen LogP contribution in [0.1, 0.15) is 33.3 Å². The summed E-state index contributed by atoms with van der Waals surface area (Å²) in [5, 5.41) is 0. The van der Waals surface area contributed by atoms with Crippen molar-refractivity contribution < 1.29 is 0 Å². The standard InChI is InChI=1S/C10H14.C4H11N/c1-10(2,3)9-7-5-4-6-8-9;1-4-5(2)3/h4-8H,1-3H3;4H2,1-3H3. The first-order chi connectivity index (χ1) is 6.88. The first-order valence-electron chi connectivity index (χ1n) is 5.58. The molecule has 0 amide bonds. The molecule has 86 valence electrons. The second-order valence-corrected chi connectivity index (χ2v) is 5.01. The van der Waals surface area contributed by atoms with Gasteiger partial charge in [0, 0.05) is 0 Å². The molecule has 0 atom stereocenters. The molecule has 0 aliphatic heterocycles. The smallest absolute Gasteiger partial charge is 0.00533 e. The van der Waals surface area contributed by atoms with Crippen molar-refractivity contribution in [2.24, 2.45) is 0 Å². The Morgan fingerprint density at radius 1 is 1.00 bits per heavy atom. The molecule has 1 aromatic carbocycles. The van der Waals surface area contributed by atoms with Crippen LogP contribution < -0.4 is 0 Å². The molecule has 0 saturated heterocycles.